The Morgan fingerprint density at radius 2 is 2.08 bits per heavy atom. The van der Waals surface area contributed by atoms with Crippen molar-refractivity contribution in [1.82, 2.24) is 19.6 Å². The summed E-state index contributed by atoms with van der Waals surface area (Å²) in [6.45, 7) is 4.26. The molecule has 3 N–H and O–H groups in total. The van der Waals surface area contributed by atoms with E-state index in [0.717, 1.165) is 31.4 Å². The van der Waals surface area contributed by atoms with Gasteiger partial charge in [0.15, 0.2) is 17.3 Å². The van der Waals surface area contributed by atoms with Crippen molar-refractivity contribution in [2.75, 3.05) is 12.3 Å². The van der Waals surface area contributed by atoms with Gasteiger partial charge in [-0.15, -0.1) is 10.2 Å². The van der Waals surface area contributed by atoms with Crippen LogP contribution in [-0.4, -0.2) is 37.1 Å². The Hall–Kier alpha value is -2.55. The van der Waals surface area contributed by atoms with E-state index in [2.05, 4.69) is 34.3 Å². The Bertz CT molecular complexity index is 761. The first-order valence-corrected chi connectivity index (χ1v) is 8.46. The fourth-order valence-electron chi connectivity index (χ4n) is 2.45. The molecule has 0 aliphatic carbocycles. The van der Waals surface area contributed by atoms with Gasteiger partial charge in [-0.3, -0.25) is 4.79 Å². The van der Waals surface area contributed by atoms with E-state index in [1.165, 1.54) is 10.9 Å². The highest BCUT2D eigenvalue weighted by molar-refractivity contribution is 6.00. The number of hydrogen-bond donors (Lipinski definition) is 2. The lowest BCUT2D eigenvalue weighted by Gasteiger charge is -2.00. The third kappa shape index (κ3) is 4.11. The minimum Gasteiger partial charge on any atom is -0.388 e. The van der Waals surface area contributed by atoms with E-state index in [1.807, 2.05) is 0 Å². The minimum atomic E-state index is -0.605. The third-order valence-corrected chi connectivity index (χ3v) is 3.83. The van der Waals surface area contributed by atoms with E-state index in [0.29, 0.717) is 18.1 Å². The zero-order valence-electron chi connectivity index (χ0n) is 14.9. The van der Waals surface area contributed by atoms with Crippen LogP contribution in [0.5, 0.6) is 0 Å². The van der Waals surface area contributed by atoms with Gasteiger partial charge in [-0.05, 0) is 19.3 Å². The molecule has 0 saturated heterocycles. The Kier molecular flexibility index (Phi) is 6.40. The number of anilines is 1. The number of Topliss-reactive ketones (excluding diaryl/α,β-unsaturated/α-hetero) is 1. The first-order valence-electron chi connectivity index (χ1n) is 8.46. The largest absolute Gasteiger partial charge is 0.388 e. The van der Waals surface area contributed by atoms with E-state index in [1.54, 1.807) is 11.7 Å². The molecule has 2 aromatic heterocycles. The molecule has 9 nitrogen and oxygen atoms in total. The summed E-state index contributed by atoms with van der Waals surface area (Å²) in [7, 11) is 1.66. The number of unbranched alkanes of at least 4 members (excludes halogenated alkanes) is 1. The molecule has 0 radical (unpaired) electrons. The van der Waals surface area contributed by atoms with Gasteiger partial charge in [-0.25, -0.2) is 9.36 Å². The predicted molar refractivity (Wildman–Crippen MR) is 94.3 cm³/mol. The quantitative estimate of drug-likeness (QED) is 0.533. The lowest BCUT2D eigenvalue weighted by atomic mass is 10.2. The van der Waals surface area contributed by atoms with Crippen LogP contribution in [-0.2, 0) is 20.0 Å². The van der Waals surface area contributed by atoms with Gasteiger partial charge in [-0.2, -0.15) is 10.2 Å². The molecule has 0 aromatic carbocycles. The van der Waals surface area contributed by atoms with E-state index >= 15 is 0 Å². The standard InChI is InChI=1S/C16H25N7O2/c1-4-6-7-12-14(15(17)23(21-12)8-5-2)19-20-16-11(13(25)10-24)9-18-22(16)3/h9,24H,4-8,10,17H2,1-3H3. The number of hydrogen-bond acceptors (Lipinski definition) is 7. The number of ketones is 1. The number of aliphatic hydroxyl groups is 1. The summed E-state index contributed by atoms with van der Waals surface area (Å²) >= 11 is 0. The molecule has 2 aromatic rings. The smallest absolute Gasteiger partial charge is 0.193 e. The van der Waals surface area contributed by atoms with E-state index in [9.17, 15) is 4.79 Å². The van der Waals surface area contributed by atoms with Crippen molar-refractivity contribution in [3.8, 4) is 0 Å². The summed E-state index contributed by atoms with van der Waals surface area (Å²) in [4.78, 5) is 11.8. The van der Waals surface area contributed by atoms with Gasteiger partial charge < -0.3 is 10.8 Å². The molecule has 0 aliphatic rings. The monoisotopic (exact) mass is 347 g/mol. The maximum Gasteiger partial charge on any atom is 0.193 e. The normalized spacial score (nSPS) is 11.5. The fraction of sp³-hybridized carbons (Fsp3) is 0.562. The Morgan fingerprint density at radius 1 is 1.32 bits per heavy atom. The van der Waals surface area contributed by atoms with Gasteiger partial charge in [0, 0.05) is 13.6 Å². The number of aliphatic hydroxyl groups excluding tert-OH is 1. The van der Waals surface area contributed by atoms with Gasteiger partial charge >= 0.3 is 0 Å². The summed E-state index contributed by atoms with van der Waals surface area (Å²) in [6, 6.07) is 0. The first-order chi connectivity index (χ1) is 12.0. The number of carbonyl (C=O) groups excluding carboxylic acids is 1. The molecule has 0 amide bonds. The van der Waals surface area contributed by atoms with Gasteiger partial charge in [0.05, 0.1) is 17.5 Å². The minimum absolute atomic E-state index is 0.225. The van der Waals surface area contributed by atoms with Crippen molar-refractivity contribution in [3.05, 3.63) is 17.5 Å². The first kappa shape index (κ1) is 18.8. The maximum atomic E-state index is 11.8. The van der Waals surface area contributed by atoms with Gasteiger partial charge in [0.1, 0.15) is 12.4 Å². The lowest BCUT2D eigenvalue weighted by molar-refractivity contribution is 0.0904. The Morgan fingerprint density at radius 3 is 2.72 bits per heavy atom. The predicted octanol–water partition coefficient (Wildman–Crippen LogP) is 2.54. The number of rotatable bonds is 9. The molecule has 9 heteroatoms. The highest BCUT2D eigenvalue weighted by Gasteiger charge is 2.18. The number of aromatic nitrogens is 4. The van der Waals surface area contributed by atoms with Crippen LogP contribution in [0.3, 0.4) is 0 Å². The fourth-order valence-corrected chi connectivity index (χ4v) is 2.45. The van der Waals surface area contributed by atoms with Crippen molar-refractivity contribution in [1.29, 1.82) is 0 Å². The van der Waals surface area contributed by atoms with Crippen LogP contribution < -0.4 is 5.73 Å². The van der Waals surface area contributed by atoms with Crippen molar-refractivity contribution in [2.24, 2.45) is 17.3 Å². The van der Waals surface area contributed by atoms with Crippen LogP contribution in [0, 0.1) is 0 Å². The molecule has 136 valence electrons. The zero-order chi connectivity index (χ0) is 18.4. The molecule has 0 atom stereocenters. The maximum absolute atomic E-state index is 11.8. The van der Waals surface area contributed by atoms with E-state index in [-0.39, 0.29) is 11.4 Å². The topological polar surface area (TPSA) is 124 Å². The van der Waals surface area contributed by atoms with Crippen molar-refractivity contribution >= 4 is 23.1 Å². The van der Waals surface area contributed by atoms with Crippen molar-refractivity contribution < 1.29 is 9.90 Å². The summed E-state index contributed by atoms with van der Waals surface area (Å²) < 4.78 is 3.17. The number of nitrogens with zero attached hydrogens (tertiary/aromatic N) is 6. The Labute approximate surface area is 146 Å². The SMILES string of the molecule is CCCCc1nn(CCC)c(N)c1N=Nc1c(C(=O)CO)cnn1C. The molecule has 25 heavy (non-hydrogen) atoms. The molecule has 0 bridgehead atoms. The van der Waals surface area contributed by atoms with Crippen LogP contribution in [0.25, 0.3) is 0 Å². The molecule has 0 aliphatic heterocycles. The highest BCUT2D eigenvalue weighted by atomic mass is 16.3. The van der Waals surface area contributed by atoms with E-state index in [4.69, 9.17) is 10.8 Å². The molecule has 0 fully saturated rings. The molecule has 0 spiro atoms. The second-order valence-corrected chi connectivity index (χ2v) is 5.79. The van der Waals surface area contributed by atoms with Crippen LogP contribution in [0.1, 0.15) is 49.2 Å². The second-order valence-electron chi connectivity index (χ2n) is 5.79. The average molecular weight is 347 g/mol. The summed E-state index contributed by atoms with van der Waals surface area (Å²) in [5, 5.41) is 26.0. The molecule has 2 rings (SSSR count). The molecular formula is C16H25N7O2. The molecule has 2 heterocycles. The number of nitrogens with two attached hydrogens (primary N) is 1. The van der Waals surface area contributed by atoms with Crippen molar-refractivity contribution in [2.45, 2.75) is 46.1 Å². The number of carbonyl (C=O) groups is 1. The van der Waals surface area contributed by atoms with Crippen molar-refractivity contribution in [3.63, 3.8) is 0 Å². The van der Waals surface area contributed by atoms with Crippen LogP contribution >= 0.6 is 0 Å². The van der Waals surface area contributed by atoms with Gasteiger partial charge in [-0.1, -0.05) is 20.3 Å². The number of azo groups is 1. The number of aryl methyl sites for hydroxylation is 3. The second kappa shape index (κ2) is 8.52. The van der Waals surface area contributed by atoms with Gasteiger partial charge in [0.2, 0.25) is 0 Å². The molecular weight excluding hydrogens is 322 g/mol. The average Bonchev–Trinajstić information content (AvgIpc) is 3.11. The third-order valence-electron chi connectivity index (χ3n) is 3.83. The summed E-state index contributed by atoms with van der Waals surface area (Å²) in [6.07, 6.45) is 5.06. The summed E-state index contributed by atoms with van der Waals surface area (Å²) in [5.41, 5.74) is 7.74. The molecule has 0 saturated carbocycles. The number of nitrogen functional groups attached to an aromatic ring is 1. The lowest BCUT2D eigenvalue weighted by Crippen LogP contribution is -2.04. The van der Waals surface area contributed by atoms with Gasteiger partial charge in [0.25, 0.3) is 0 Å². The van der Waals surface area contributed by atoms with Crippen LogP contribution in [0.15, 0.2) is 16.4 Å². The highest BCUT2D eigenvalue weighted by Crippen LogP contribution is 2.31. The van der Waals surface area contributed by atoms with Crippen LogP contribution in [0.2, 0.25) is 0 Å². The van der Waals surface area contributed by atoms with E-state index < -0.39 is 12.4 Å². The molecule has 0 unspecified atom stereocenters. The zero-order valence-corrected chi connectivity index (χ0v) is 14.9. The van der Waals surface area contributed by atoms with Crippen LogP contribution in [0.4, 0.5) is 17.3 Å². The Balaban J connectivity index is 2.40. The summed E-state index contributed by atoms with van der Waals surface area (Å²) in [5.74, 6) is 0.292.